The summed E-state index contributed by atoms with van der Waals surface area (Å²) in [6, 6.07) is 1.74. The van der Waals surface area contributed by atoms with Crippen LogP contribution in [0.4, 0.5) is 10.7 Å². The molecule has 1 aliphatic heterocycles. The molecule has 0 radical (unpaired) electrons. The van der Waals surface area contributed by atoms with Crippen molar-refractivity contribution < 1.29 is 9.53 Å². The van der Waals surface area contributed by atoms with E-state index in [0.717, 1.165) is 18.2 Å². The molecule has 1 amide bonds. The number of aromatic nitrogens is 3. The van der Waals surface area contributed by atoms with E-state index in [0.29, 0.717) is 29.2 Å². The second-order valence-corrected chi connectivity index (χ2v) is 8.59. The molecule has 0 aliphatic carbocycles. The molecule has 0 bridgehead atoms. The standard InChI is InChI=1S/C18H24BrN5O3/c1-18(2,3)27-17(26)24-7-5-6-12(10-24)21-16-20-9-11-8-13(19)15(25)23(4)14(11)22-16/h8-9,12H,5-7,10H2,1-4H3,(H,20,21,22)/t12-/m0/s1. The average Bonchev–Trinajstić information content (AvgIpc) is 2.59. The van der Waals surface area contributed by atoms with Crippen LogP contribution in [0.5, 0.6) is 0 Å². The first-order chi connectivity index (χ1) is 12.6. The Morgan fingerprint density at radius 3 is 2.85 bits per heavy atom. The fraction of sp³-hybridized carbons (Fsp3) is 0.556. The zero-order chi connectivity index (χ0) is 19.8. The number of halogens is 1. The molecule has 3 heterocycles. The molecule has 9 heteroatoms. The third-order valence-electron chi connectivity index (χ3n) is 4.31. The molecule has 1 aliphatic rings. The number of amides is 1. The van der Waals surface area contributed by atoms with Gasteiger partial charge in [-0.15, -0.1) is 0 Å². The van der Waals surface area contributed by atoms with Gasteiger partial charge in [0.05, 0.1) is 4.47 Å². The third kappa shape index (κ3) is 4.58. The van der Waals surface area contributed by atoms with Crippen LogP contribution in [-0.2, 0) is 11.8 Å². The summed E-state index contributed by atoms with van der Waals surface area (Å²) in [5, 5.41) is 4.06. The van der Waals surface area contributed by atoms with Crippen LogP contribution in [0, 0.1) is 0 Å². The lowest BCUT2D eigenvalue weighted by molar-refractivity contribution is 0.0206. The predicted molar refractivity (Wildman–Crippen MR) is 107 cm³/mol. The number of piperidine rings is 1. The van der Waals surface area contributed by atoms with Crippen LogP contribution in [0.1, 0.15) is 33.6 Å². The summed E-state index contributed by atoms with van der Waals surface area (Å²) < 4.78 is 7.42. The lowest BCUT2D eigenvalue weighted by Gasteiger charge is -2.34. The van der Waals surface area contributed by atoms with E-state index < -0.39 is 5.60 Å². The van der Waals surface area contributed by atoms with Gasteiger partial charge in [-0.25, -0.2) is 9.78 Å². The van der Waals surface area contributed by atoms with E-state index >= 15 is 0 Å². The van der Waals surface area contributed by atoms with Crippen LogP contribution in [-0.4, -0.2) is 50.3 Å². The average molecular weight is 438 g/mol. The van der Waals surface area contributed by atoms with Crippen LogP contribution in [0.2, 0.25) is 0 Å². The second-order valence-electron chi connectivity index (χ2n) is 7.74. The van der Waals surface area contributed by atoms with Gasteiger partial charge in [-0.05, 0) is 55.6 Å². The molecule has 146 valence electrons. The lowest BCUT2D eigenvalue weighted by Crippen LogP contribution is -2.47. The second kappa shape index (κ2) is 7.46. The van der Waals surface area contributed by atoms with Crippen molar-refractivity contribution in [1.29, 1.82) is 0 Å². The van der Waals surface area contributed by atoms with Crippen molar-refractivity contribution in [3.63, 3.8) is 0 Å². The van der Waals surface area contributed by atoms with Crippen molar-refractivity contribution in [1.82, 2.24) is 19.4 Å². The molecular formula is C18H24BrN5O3. The van der Waals surface area contributed by atoms with E-state index in [2.05, 4.69) is 31.2 Å². The summed E-state index contributed by atoms with van der Waals surface area (Å²) in [6.07, 6.45) is 3.15. The third-order valence-corrected chi connectivity index (χ3v) is 4.88. The van der Waals surface area contributed by atoms with Crippen LogP contribution in [0.3, 0.4) is 0 Å². The maximum Gasteiger partial charge on any atom is 0.410 e. The molecule has 1 fully saturated rings. The zero-order valence-corrected chi connectivity index (χ0v) is 17.5. The lowest BCUT2D eigenvalue weighted by atomic mass is 10.1. The summed E-state index contributed by atoms with van der Waals surface area (Å²) in [5.41, 5.74) is -0.112. The quantitative estimate of drug-likeness (QED) is 0.776. The summed E-state index contributed by atoms with van der Waals surface area (Å²) in [7, 11) is 1.68. The highest BCUT2D eigenvalue weighted by Crippen LogP contribution is 2.19. The Bertz CT molecular complexity index is 922. The SMILES string of the molecule is Cn1c(=O)c(Br)cc2cnc(N[C@H]3CCCN(C(=O)OC(C)(C)C)C3)nc21. The Kier molecular flexibility index (Phi) is 5.41. The number of likely N-dealkylation sites (tertiary alicyclic amines) is 1. The van der Waals surface area contributed by atoms with E-state index in [1.54, 1.807) is 24.2 Å². The summed E-state index contributed by atoms with van der Waals surface area (Å²) in [4.78, 5) is 34.9. The fourth-order valence-corrected chi connectivity index (χ4v) is 3.56. The van der Waals surface area contributed by atoms with E-state index in [4.69, 9.17) is 4.74 Å². The Labute approximate surface area is 166 Å². The number of nitrogens with one attached hydrogen (secondary N) is 1. The van der Waals surface area contributed by atoms with Gasteiger partial charge in [0, 0.05) is 37.8 Å². The highest BCUT2D eigenvalue weighted by atomic mass is 79.9. The van der Waals surface area contributed by atoms with Crippen LogP contribution >= 0.6 is 15.9 Å². The number of carbonyl (C=O) groups is 1. The molecule has 1 atom stereocenters. The number of rotatable bonds is 2. The van der Waals surface area contributed by atoms with Gasteiger partial charge < -0.3 is 15.0 Å². The van der Waals surface area contributed by atoms with Gasteiger partial charge in [-0.1, -0.05) is 0 Å². The molecule has 27 heavy (non-hydrogen) atoms. The summed E-state index contributed by atoms with van der Waals surface area (Å²) in [5.74, 6) is 0.441. The van der Waals surface area contributed by atoms with Crippen LogP contribution < -0.4 is 10.9 Å². The molecular weight excluding hydrogens is 414 g/mol. The number of aryl methyl sites for hydroxylation is 1. The van der Waals surface area contributed by atoms with E-state index in [1.807, 2.05) is 20.8 Å². The summed E-state index contributed by atoms with van der Waals surface area (Å²) >= 11 is 3.25. The van der Waals surface area contributed by atoms with Crippen LogP contribution in [0.15, 0.2) is 21.5 Å². The van der Waals surface area contributed by atoms with Gasteiger partial charge in [0.1, 0.15) is 11.2 Å². The number of pyridine rings is 1. The highest BCUT2D eigenvalue weighted by molar-refractivity contribution is 9.10. The monoisotopic (exact) mass is 437 g/mol. The molecule has 0 spiro atoms. The first-order valence-corrected chi connectivity index (χ1v) is 9.70. The maximum atomic E-state index is 12.3. The molecule has 2 aromatic heterocycles. The minimum Gasteiger partial charge on any atom is -0.444 e. The Hall–Kier alpha value is -2.16. The topological polar surface area (TPSA) is 89.4 Å². The minimum absolute atomic E-state index is 0.0243. The Morgan fingerprint density at radius 1 is 1.41 bits per heavy atom. The smallest absolute Gasteiger partial charge is 0.410 e. The number of fused-ring (bicyclic) bond motifs is 1. The van der Waals surface area contributed by atoms with Gasteiger partial charge in [0.2, 0.25) is 5.95 Å². The van der Waals surface area contributed by atoms with Crippen molar-refractivity contribution in [2.45, 2.75) is 45.3 Å². The van der Waals surface area contributed by atoms with Crippen molar-refractivity contribution in [3.05, 3.63) is 27.1 Å². The highest BCUT2D eigenvalue weighted by Gasteiger charge is 2.28. The van der Waals surface area contributed by atoms with E-state index in [-0.39, 0.29) is 17.7 Å². The van der Waals surface area contributed by atoms with Gasteiger partial charge >= 0.3 is 6.09 Å². The molecule has 0 saturated carbocycles. The first kappa shape index (κ1) is 19.6. The zero-order valence-electron chi connectivity index (χ0n) is 16.0. The normalized spacial score (nSPS) is 17.8. The largest absolute Gasteiger partial charge is 0.444 e. The number of anilines is 1. The molecule has 0 aromatic carbocycles. The number of ether oxygens (including phenoxy) is 1. The predicted octanol–water partition coefficient (Wildman–Crippen LogP) is 2.90. The summed E-state index contributed by atoms with van der Waals surface area (Å²) in [6.45, 7) is 6.77. The van der Waals surface area contributed by atoms with Gasteiger partial charge in [-0.3, -0.25) is 9.36 Å². The maximum absolute atomic E-state index is 12.3. The van der Waals surface area contributed by atoms with Crippen molar-refractivity contribution in [2.75, 3.05) is 18.4 Å². The van der Waals surface area contributed by atoms with E-state index in [9.17, 15) is 9.59 Å². The molecule has 2 aromatic rings. The molecule has 3 rings (SSSR count). The van der Waals surface area contributed by atoms with Crippen molar-refractivity contribution in [3.8, 4) is 0 Å². The first-order valence-electron chi connectivity index (χ1n) is 8.91. The number of hydrogen-bond donors (Lipinski definition) is 1. The van der Waals surface area contributed by atoms with Gasteiger partial charge in [0.15, 0.2) is 0 Å². The molecule has 0 unspecified atom stereocenters. The van der Waals surface area contributed by atoms with Crippen molar-refractivity contribution in [2.24, 2.45) is 7.05 Å². The van der Waals surface area contributed by atoms with Crippen molar-refractivity contribution >= 4 is 39.0 Å². The fourth-order valence-electron chi connectivity index (χ4n) is 3.05. The molecule has 1 saturated heterocycles. The number of hydrogen-bond acceptors (Lipinski definition) is 6. The number of nitrogens with zero attached hydrogens (tertiary/aromatic N) is 4. The molecule has 1 N–H and O–H groups in total. The van der Waals surface area contributed by atoms with Gasteiger partial charge in [-0.2, -0.15) is 4.98 Å². The van der Waals surface area contributed by atoms with Gasteiger partial charge in [0.25, 0.3) is 5.56 Å². The Balaban J connectivity index is 1.75. The Morgan fingerprint density at radius 2 is 2.15 bits per heavy atom. The van der Waals surface area contributed by atoms with E-state index in [1.165, 1.54) is 4.57 Å². The van der Waals surface area contributed by atoms with Crippen LogP contribution in [0.25, 0.3) is 11.0 Å². The minimum atomic E-state index is -0.516. The molecule has 8 nitrogen and oxygen atoms in total. The number of carbonyl (C=O) groups excluding carboxylic acids is 1.